The molecular weight excluding hydrogens is 270 g/mol. The number of likely N-dealkylation sites (tertiary alicyclic amines) is 1. The number of halogens is 2. The standard InChI is InChI=1S/C13H16F2N2O3/c1-19-10-3-2-8(6-11(10)20-13(14)15)12(18)17-5-4-9(16)7-17/h2-3,6,9,13H,4-5,7,16H2,1H3/t9-/m1/s1. The summed E-state index contributed by atoms with van der Waals surface area (Å²) in [5, 5.41) is 0. The molecule has 0 radical (unpaired) electrons. The van der Waals surface area contributed by atoms with Crippen LogP contribution in [0.2, 0.25) is 0 Å². The van der Waals surface area contributed by atoms with Crippen LogP contribution < -0.4 is 15.2 Å². The summed E-state index contributed by atoms with van der Waals surface area (Å²) >= 11 is 0. The molecule has 2 rings (SSSR count). The lowest BCUT2D eigenvalue weighted by molar-refractivity contribution is -0.0512. The minimum absolute atomic E-state index is 0.0333. The maximum absolute atomic E-state index is 12.3. The monoisotopic (exact) mass is 286 g/mol. The molecule has 0 aromatic heterocycles. The van der Waals surface area contributed by atoms with Crippen LogP contribution in [0.25, 0.3) is 0 Å². The van der Waals surface area contributed by atoms with Crippen LogP contribution in [0, 0.1) is 0 Å². The Hall–Kier alpha value is -1.89. The maximum Gasteiger partial charge on any atom is 0.387 e. The quantitative estimate of drug-likeness (QED) is 0.910. The van der Waals surface area contributed by atoms with Crippen molar-refractivity contribution in [2.75, 3.05) is 20.2 Å². The van der Waals surface area contributed by atoms with Gasteiger partial charge in [-0.3, -0.25) is 4.79 Å². The van der Waals surface area contributed by atoms with Gasteiger partial charge in [0, 0.05) is 24.7 Å². The van der Waals surface area contributed by atoms with Crippen molar-refractivity contribution in [3.63, 3.8) is 0 Å². The highest BCUT2D eigenvalue weighted by Crippen LogP contribution is 2.30. The van der Waals surface area contributed by atoms with E-state index < -0.39 is 6.61 Å². The molecule has 1 aliphatic heterocycles. The predicted molar refractivity (Wildman–Crippen MR) is 68.1 cm³/mol. The molecule has 2 N–H and O–H groups in total. The zero-order valence-corrected chi connectivity index (χ0v) is 11.0. The van der Waals surface area contributed by atoms with Crippen LogP contribution >= 0.6 is 0 Å². The number of rotatable bonds is 4. The summed E-state index contributed by atoms with van der Waals surface area (Å²) in [7, 11) is 1.34. The predicted octanol–water partition coefficient (Wildman–Crippen LogP) is 1.47. The largest absolute Gasteiger partial charge is 0.493 e. The Morgan fingerprint density at radius 2 is 2.20 bits per heavy atom. The van der Waals surface area contributed by atoms with E-state index in [4.69, 9.17) is 10.5 Å². The summed E-state index contributed by atoms with van der Waals surface area (Å²) in [5.41, 5.74) is 6.02. The van der Waals surface area contributed by atoms with Gasteiger partial charge in [0.15, 0.2) is 11.5 Å². The molecule has 1 atom stereocenters. The van der Waals surface area contributed by atoms with E-state index in [1.165, 1.54) is 25.3 Å². The molecule has 0 aliphatic carbocycles. The molecule has 1 saturated heterocycles. The number of alkyl halides is 2. The number of ether oxygens (including phenoxy) is 2. The summed E-state index contributed by atoms with van der Waals surface area (Å²) in [6, 6.07) is 4.18. The Bertz CT molecular complexity index is 497. The first-order valence-electron chi connectivity index (χ1n) is 6.19. The number of amides is 1. The first kappa shape index (κ1) is 14.5. The Labute approximate surface area is 115 Å². The van der Waals surface area contributed by atoms with Crippen LogP contribution in [0.1, 0.15) is 16.8 Å². The fourth-order valence-electron chi connectivity index (χ4n) is 2.15. The molecule has 0 spiro atoms. The fourth-order valence-corrected chi connectivity index (χ4v) is 2.15. The number of nitrogens with zero attached hydrogens (tertiary/aromatic N) is 1. The van der Waals surface area contributed by atoms with Gasteiger partial charge in [0.1, 0.15) is 0 Å². The van der Waals surface area contributed by atoms with Gasteiger partial charge in [0.25, 0.3) is 5.91 Å². The van der Waals surface area contributed by atoms with E-state index in [1.54, 1.807) is 4.90 Å². The molecule has 5 nitrogen and oxygen atoms in total. The van der Waals surface area contributed by atoms with Crippen LogP contribution in [-0.2, 0) is 0 Å². The van der Waals surface area contributed by atoms with Crippen LogP contribution in [0.4, 0.5) is 8.78 Å². The molecule has 0 saturated carbocycles. The van der Waals surface area contributed by atoms with Gasteiger partial charge < -0.3 is 20.1 Å². The summed E-state index contributed by atoms with van der Waals surface area (Å²) in [4.78, 5) is 13.8. The van der Waals surface area contributed by atoms with Crippen molar-refractivity contribution in [1.82, 2.24) is 4.90 Å². The van der Waals surface area contributed by atoms with Gasteiger partial charge >= 0.3 is 6.61 Å². The number of hydrogen-bond acceptors (Lipinski definition) is 4. The summed E-state index contributed by atoms with van der Waals surface area (Å²) in [6.07, 6.45) is 0.738. The van der Waals surface area contributed by atoms with Crippen LogP contribution in [0.5, 0.6) is 11.5 Å². The fraction of sp³-hybridized carbons (Fsp3) is 0.462. The van der Waals surface area contributed by atoms with Gasteiger partial charge in [-0.2, -0.15) is 8.78 Å². The van der Waals surface area contributed by atoms with Crippen molar-refractivity contribution in [2.24, 2.45) is 5.73 Å². The number of carbonyl (C=O) groups excluding carboxylic acids is 1. The second kappa shape index (κ2) is 6.04. The molecule has 1 aromatic rings. The van der Waals surface area contributed by atoms with Gasteiger partial charge in [-0.05, 0) is 24.6 Å². The Morgan fingerprint density at radius 3 is 2.75 bits per heavy atom. The van der Waals surface area contributed by atoms with Crippen molar-refractivity contribution in [2.45, 2.75) is 19.1 Å². The van der Waals surface area contributed by atoms with Gasteiger partial charge in [-0.1, -0.05) is 0 Å². The molecule has 20 heavy (non-hydrogen) atoms. The Balaban J connectivity index is 2.21. The molecule has 1 amide bonds. The maximum atomic E-state index is 12.3. The molecule has 1 aliphatic rings. The minimum Gasteiger partial charge on any atom is -0.493 e. The van der Waals surface area contributed by atoms with Crippen molar-refractivity contribution in [3.8, 4) is 11.5 Å². The normalized spacial score (nSPS) is 18.4. The highest BCUT2D eigenvalue weighted by Gasteiger charge is 2.25. The lowest BCUT2D eigenvalue weighted by Gasteiger charge is -2.17. The van der Waals surface area contributed by atoms with Gasteiger partial charge in [-0.15, -0.1) is 0 Å². The van der Waals surface area contributed by atoms with E-state index in [2.05, 4.69) is 4.74 Å². The summed E-state index contributed by atoms with van der Waals surface area (Å²) < 4.78 is 33.9. The van der Waals surface area contributed by atoms with Crippen molar-refractivity contribution >= 4 is 5.91 Å². The zero-order valence-electron chi connectivity index (χ0n) is 11.0. The SMILES string of the molecule is COc1ccc(C(=O)N2CC[C@@H](N)C2)cc1OC(F)F. The highest BCUT2D eigenvalue weighted by atomic mass is 19.3. The third-order valence-corrected chi connectivity index (χ3v) is 3.14. The zero-order chi connectivity index (χ0) is 14.7. The third-order valence-electron chi connectivity index (χ3n) is 3.14. The number of carbonyl (C=O) groups is 1. The molecule has 110 valence electrons. The second-order valence-corrected chi connectivity index (χ2v) is 4.54. The average Bonchev–Trinajstić information content (AvgIpc) is 2.84. The molecule has 1 fully saturated rings. The van der Waals surface area contributed by atoms with E-state index >= 15 is 0 Å². The third kappa shape index (κ3) is 3.16. The topological polar surface area (TPSA) is 64.8 Å². The number of benzene rings is 1. The molecular formula is C13H16F2N2O3. The van der Waals surface area contributed by atoms with Gasteiger partial charge in [-0.25, -0.2) is 0 Å². The van der Waals surface area contributed by atoms with E-state index in [0.29, 0.717) is 13.1 Å². The van der Waals surface area contributed by atoms with E-state index in [-0.39, 0.29) is 29.0 Å². The lowest BCUT2D eigenvalue weighted by Crippen LogP contribution is -2.31. The Morgan fingerprint density at radius 1 is 1.45 bits per heavy atom. The van der Waals surface area contributed by atoms with Gasteiger partial charge in [0.05, 0.1) is 7.11 Å². The van der Waals surface area contributed by atoms with Crippen LogP contribution in [0.3, 0.4) is 0 Å². The van der Waals surface area contributed by atoms with E-state index in [9.17, 15) is 13.6 Å². The molecule has 1 aromatic carbocycles. The second-order valence-electron chi connectivity index (χ2n) is 4.54. The van der Waals surface area contributed by atoms with E-state index in [1.807, 2.05) is 0 Å². The minimum atomic E-state index is -2.98. The Kier molecular flexibility index (Phi) is 4.39. The first-order valence-corrected chi connectivity index (χ1v) is 6.19. The summed E-state index contributed by atoms with van der Waals surface area (Å²) in [5.74, 6) is -0.253. The molecule has 1 heterocycles. The van der Waals surface area contributed by atoms with Crippen molar-refractivity contribution in [1.29, 1.82) is 0 Å². The number of nitrogens with two attached hydrogens (primary N) is 1. The summed E-state index contributed by atoms with van der Waals surface area (Å²) in [6.45, 7) is -1.94. The number of methoxy groups -OCH3 is 1. The molecule has 7 heteroatoms. The van der Waals surface area contributed by atoms with Crippen LogP contribution in [-0.4, -0.2) is 43.7 Å². The van der Waals surface area contributed by atoms with Crippen molar-refractivity contribution in [3.05, 3.63) is 23.8 Å². The highest BCUT2D eigenvalue weighted by molar-refractivity contribution is 5.95. The number of hydrogen-bond donors (Lipinski definition) is 1. The smallest absolute Gasteiger partial charge is 0.387 e. The van der Waals surface area contributed by atoms with Crippen molar-refractivity contribution < 1.29 is 23.0 Å². The van der Waals surface area contributed by atoms with E-state index in [0.717, 1.165) is 6.42 Å². The average molecular weight is 286 g/mol. The van der Waals surface area contributed by atoms with Crippen LogP contribution in [0.15, 0.2) is 18.2 Å². The molecule has 0 unspecified atom stereocenters. The first-order chi connectivity index (χ1) is 9.51. The molecule has 0 bridgehead atoms. The van der Waals surface area contributed by atoms with Gasteiger partial charge in [0.2, 0.25) is 0 Å². The lowest BCUT2D eigenvalue weighted by atomic mass is 10.1.